The van der Waals surface area contributed by atoms with E-state index in [2.05, 4.69) is 22.3 Å². The molecule has 3 rings (SSSR count). The molecule has 28 heavy (non-hydrogen) atoms. The average molecular weight is 370 g/mol. The van der Waals surface area contributed by atoms with E-state index in [0.717, 1.165) is 16.8 Å². The lowest BCUT2D eigenvalue weighted by Gasteiger charge is -2.25. The zero-order chi connectivity index (χ0) is 19.9. The van der Waals surface area contributed by atoms with Gasteiger partial charge in [0, 0.05) is 24.0 Å². The number of aryl methyl sites for hydroxylation is 1. The molecule has 0 spiro atoms. The van der Waals surface area contributed by atoms with E-state index in [1.54, 1.807) is 6.20 Å². The van der Waals surface area contributed by atoms with Gasteiger partial charge >= 0.3 is 0 Å². The average Bonchev–Trinajstić information content (AvgIpc) is 2.73. The molecule has 0 bridgehead atoms. The fraction of sp³-hybridized carbons (Fsp3) is 0.174. The SMILES string of the molecule is C#CCNC(=O)c1cnc(-c2ccccc2)nc1N(CC)c1cccc(C)c1. The second kappa shape index (κ2) is 8.83. The van der Waals surface area contributed by atoms with Crippen molar-refractivity contribution in [2.24, 2.45) is 0 Å². The van der Waals surface area contributed by atoms with Gasteiger partial charge in [-0.15, -0.1) is 6.42 Å². The van der Waals surface area contributed by atoms with Crippen LogP contribution in [-0.4, -0.2) is 29.0 Å². The van der Waals surface area contributed by atoms with Gasteiger partial charge in [-0.2, -0.15) is 0 Å². The minimum Gasteiger partial charge on any atom is -0.341 e. The molecule has 1 aromatic heterocycles. The van der Waals surface area contributed by atoms with E-state index >= 15 is 0 Å². The predicted molar refractivity (Wildman–Crippen MR) is 112 cm³/mol. The maximum absolute atomic E-state index is 12.7. The highest BCUT2D eigenvalue weighted by Crippen LogP contribution is 2.29. The number of hydrogen-bond acceptors (Lipinski definition) is 4. The van der Waals surface area contributed by atoms with Crippen LogP contribution in [0.15, 0.2) is 60.8 Å². The van der Waals surface area contributed by atoms with Gasteiger partial charge < -0.3 is 10.2 Å². The lowest BCUT2D eigenvalue weighted by atomic mass is 10.1. The van der Waals surface area contributed by atoms with Crippen LogP contribution in [0.3, 0.4) is 0 Å². The first-order chi connectivity index (χ1) is 13.6. The Morgan fingerprint density at radius 2 is 1.96 bits per heavy atom. The van der Waals surface area contributed by atoms with Crippen molar-refractivity contribution in [2.75, 3.05) is 18.0 Å². The van der Waals surface area contributed by atoms with Crippen LogP contribution in [0.1, 0.15) is 22.8 Å². The normalized spacial score (nSPS) is 10.2. The standard InChI is InChI=1S/C23H22N4O/c1-4-14-24-23(28)20-16-25-21(18-11-7-6-8-12-18)26-22(20)27(5-2)19-13-9-10-17(3)15-19/h1,6-13,15-16H,5,14H2,2-3H3,(H,24,28). The summed E-state index contributed by atoms with van der Waals surface area (Å²) in [6, 6.07) is 17.8. The summed E-state index contributed by atoms with van der Waals surface area (Å²) in [4.78, 5) is 23.9. The summed E-state index contributed by atoms with van der Waals surface area (Å²) in [5.41, 5.74) is 3.37. The summed E-state index contributed by atoms with van der Waals surface area (Å²) in [5.74, 6) is 3.25. The molecule has 0 aliphatic carbocycles. The molecule has 5 heteroatoms. The Bertz CT molecular complexity index is 1010. The quantitative estimate of drug-likeness (QED) is 0.667. The van der Waals surface area contributed by atoms with Gasteiger partial charge in [-0.3, -0.25) is 4.79 Å². The van der Waals surface area contributed by atoms with Crippen molar-refractivity contribution in [3.05, 3.63) is 71.9 Å². The van der Waals surface area contributed by atoms with Crippen molar-refractivity contribution in [2.45, 2.75) is 13.8 Å². The molecule has 3 aromatic rings. The largest absolute Gasteiger partial charge is 0.341 e. The van der Waals surface area contributed by atoms with E-state index in [4.69, 9.17) is 11.4 Å². The number of carbonyl (C=O) groups excluding carboxylic acids is 1. The van der Waals surface area contributed by atoms with Crippen LogP contribution in [-0.2, 0) is 0 Å². The lowest BCUT2D eigenvalue weighted by molar-refractivity contribution is 0.0958. The van der Waals surface area contributed by atoms with Crippen molar-refractivity contribution in [1.29, 1.82) is 0 Å². The van der Waals surface area contributed by atoms with E-state index in [0.29, 0.717) is 23.8 Å². The molecule has 0 saturated carbocycles. The second-order valence-corrected chi connectivity index (χ2v) is 6.27. The number of terminal acetylenes is 1. The van der Waals surface area contributed by atoms with Crippen LogP contribution < -0.4 is 10.2 Å². The fourth-order valence-corrected chi connectivity index (χ4v) is 2.94. The Hall–Kier alpha value is -3.65. The number of carbonyl (C=O) groups is 1. The highest BCUT2D eigenvalue weighted by Gasteiger charge is 2.20. The maximum Gasteiger partial charge on any atom is 0.257 e. The highest BCUT2D eigenvalue weighted by atomic mass is 16.1. The Labute approximate surface area is 165 Å². The molecule has 0 aliphatic heterocycles. The Morgan fingerprint density at radius 3 is 2.64 bits per heavy atom. The van der Waals surface area contributed by atoms with Crippen LogP contribution in [0.25, 0.3) is 11.4 Å². The topological polar surface area (TPSA) is 58.1 Å². The number of anilines is 2. The number of benzene rings is 2. The minimum absolute atomic E-state index is 0.148. The van der Waals surface area contributed by atoms with Gasteiger partial charge in [0.2, 0.25) is 0 Å². The third-order valence-corrected chi connectivity index (χ3v) is 4.28. The van der Waals surface area contributed by atoms with E-state index in [9.17, 15) is 4.79 Å². The van der Waals surface area contributed by atoms with Crippen molar-refractivity contribution >= 4 is 17.4 Å². The molecule has 2 aromatic carbocycles. The monoisotopic (exact) mass is 370 g/mol. The molecule has 0 fully saturated rings. The molecule has 1 amide bonds. The van der Waals surface area contributed by atoms with Gasteiger partial charge in [-0.25, -0.2) is 9.97 Å². The van der Waals surface area contributed by atoms with Crippen molar-refractivity contribution < 1.29 is 4.79 Å². The number of hydrogen-bond donors (Lipinski definition) is 1. The molecular weight excluding hydrogens is 348 g/mol. The van der Waals surface area contributed by atoms with Gasteiger partial charge in [-0.1, -0.05) is 48.4 Å². The van der Waals surface area contributed by atoms with Crippen LogP contribution in [0, 0.1) is 19.3 Å². The van der Waals surface area contributed by atoms with E-state index in [-0.39, 0.29) is 12.5 Å². The first-order valence-electron chi connectivity index (χ1n) is 9.12. The molecule has 0 saturated heterocycles. The van der Waals surface area contributed by atoms with Gasteiger partial charge in [-0.05, 0) is 31.5 Å². The lowest BCUT2D eigenvalue weighted by Crippen LogP contribution is -2.28. The number of nitrogens with zero attached hydrogens (tertiary/aromatic N) is 3. The Kier molecular flexibility index (Phi) is 6.03. The summed E-state index contributed by atoms with van der Waals surface area (Å²) >= 11 is 0. The molecule has 0 unspecified atom stereocenters. The van der Waals surface area contributed by atoms with Gasteiger partial charge in [0.25, 0.3) is 5.91 Å². The maximum atomic E-state index is 12.7. The molecule has 1 N–H and O–H groups in total. The smallest absolute Gasteiger partial charge is 0.257 e. The fourth-order valence-electron chi connectivity index (χ4n) is 2.94. The van der Waals surface area contributed by atoms with E-state index in [1.807, 2.05) is 67.3 Å². The number of aromatic nitrogens is 2. The summed E-state index contributed by atoms with van der Waals surface area (Å²) < 4.78 is 0. The van der Waals surface area contributed by atoms with Crippen molar-refractivity contribution in [3.8, 4) is 23.7 Å². The molecule has 0 atom stereocenters. The second-order valence-electron chi connectivity index (χ2n) is 6.27. The summed E-state index contributed by atoms with van der Waals surface area (Å²) in [7, 11) is 0. The van der Waals surface area contributed by atoms with Crippen molar-refractivity contribution in [3.63, 3.8) is 0 Å². The number of amides is 1. The molecule has 0 radical (unpaired) electrons. The predicted octanol–water partition coefficient (Wildman–Crippen LogP) is 3.97. The summed E-state index contributed by atoms with van der Waals surface area (Å²) in [6.45, 7) is 4.85. The third-order valence-electron chi connectivity index (χ3n) is 4.28. The van der Waals surface area contributed by atoms with Gasteiger partial charge in [0.05, 0.1) is 6.54 Å². The van der Waals surface area contributed by atoms with Crippen molar-refractivity contribution in [1.82, 2.24) is 15.3 Å². The zero-order valence-electron chi connectivity index (χ0n) is 16.0. The molecule has 5 nitrogen and oxygen atoms in total. The molecule has 1 heterocycles. The van der Waals surface area contributed by atoms with Crippen LogP contribution in [0.5, 0.6) is 0 Å². The van der Waals surface area contributed by atoms with E-state index < -0.39 is 0 Å². The summed E-state index contributed by atoms with van der Waals surface area (Å²) in [5, 5.41) is 2.71. The first kappa shape index (κ1) is 19.1. The Morgan fingerprint density at radius 1 is 1.18 bits per heavy atom. The van der Waals surface area contributed by atoms with E-state index in [1.165, 1.54) is 0 Å². The Balaban J connectivity index is 2.13. The van der Waals surface area contributed by atoms with Crippen LogP contribution in [0.4, 0.5) is 11.5 Å². The third kappa shape index (κ3) is 4.18. The number of rotatable bonds is 6. The van der Waals surface area contributed by atoms with Crippen LogP contribution in [0.2, 0.25) is 0 Å². The number of nitrogens with one attached hydrogen (secondary N) is 1. The summed E-state index contributed by atoms with van der Waals surface area (Å²) in [6.07, 6.45) is 6.84. The minimum atomic E-state index is -0.293. The molecule has 0 aliphatic rings. The van der Waals surface area contributed by atoms with Gasteiger partial charge in [0.1, 0.15) is 11.4 Å². The van der Waals surface area contributed by atoms with Gasteiger partial charge in [0.15, 0.2) is 5.82 Å². The highest BCUT2D eigenvalue weighted by molar-refractivity contribution is 5.99. The molecular formula is C23H22N4O. The van der Waals surface area contributed by atoms with Crippen LogP contribution >= 0.6 is 0 Å². The first-order valence-corrected chi connectivity index (χ1v) is 9.12. The zero-order valence-corrected chi connectivity index (χ0v) is 16.0. The molecule has 140 valence electrons.